The molecule has 0 atom stereocenters. The van der Waals surface area contributed by atoms with Crippen LogP contribution in [-0.4, -0.2) is 28.8 Å². The van der Waals surface area contributed by atoms with Crippen molar-refractivity contribution < 1.29 is 14.3 Å². The lowest BCUT2D eigenvalue weighted by molar-refractivity contribution is -0.120. The molecule has 0 bridgehead atoms. The molecule has 3 rings (SSSR count). The van der Waals surface area contributed by atoms with Gasteiger partial charge in [0.25, 0.3) is 0 Å². The van der Waals surface area contributed by atoms with Crippen molar-refractivity contribution >= 4 is 22.7 Å². The summed E-state index contributed by atoms with van der Waals surface area (Å²) in [4.78, 5) is 31.4. The molecule has 0 spiro atoms. The Morgan fingerprint density at radius 3 is 2.72 bits per heavy atom. The van der Waals surface area contributed by atoms with Gasteiger partial charge in [0.1, 0.15) is 11.6 Å². The molecule has 0 saturated heterocycles. The second-order valence-corrected chi connectivity index (χ2v) is 5.74. The monoisotopic (exact) mass is 337 g/mol. The lowest BCUT2D eigenvalue weighted by atomic mass is 10.0. The van der Waals surface area contributed by atoms with Gasteiger partial charge in [-0.15, -0.1) is 0 Å². The van der Waals surface area contributed by atoms with Gasteiger partial charge in [0, 0.05) is 11.1 Å². The van der Waals surface area contributed by atoms with E-state index in [2.05, 4.69) is 15.3 Å². The Morgan fingerprint density at radius 2 is 2.00 bits per heavy atom. The lowest BCUT2D eigenvalue weighted by Gasteiger charge is -2.10. The topological polar surface area (TPSA) is 84.1 Å². The summed E-state index contributed by atoms with van der Waals surface area (Å²) in [5.74, 6) is 1.06. The number of nitrogens with zero attached hydrogens (tertiary/aromatic N) is 1. The van der Waals surface area contributed by atoms with Gasteiger partial charge >= 0.3 is 0 Å². The fraction of sp³-hybridized carbons (Fsp3) is 0.211. The van der Waals surface area contributed by atoms with E-state index in [-0.39, 0.29) is 18.1 Å². The largest absolute Gasteiger partial charge is 0.496 e. The number of benzene rings is 2. The zero-order valence-corrected chi connectivity index (χ0v) is 14.1. The van der Waals surface area contributed by atoms with Crippen LogP contribution in [0.1, 0.15) is 28.7 Å². The maximum atomic E-state index is 12.3. The third-order valence-electron chi connectivity index (χ3n) is 3.93. The highest BCUT2D eigenvalue weighted by atomic mass is 16.5. The molecule has 6 heteroatoms. The van der Waals surface area contributed by atoms with E-state index in [0.717, 1.165) is 11.0 Å². The van der Waals surface area contributed by atoms with Gasteiger partial charge in [0.2, 0.25) is 5.91 Å². The molecule has 2 aromatic carbocycles. The maximum absolute atomic E-state index is 12.3. The van der Waals surface area contributed by atoms with E-state index in [1.807, 2.05) is 24.3 Å². The number of hydrogen-bond acceptors (Lipinski definition) is 4. The van der Waals surface area contributed by atoms with E-state index < -0.39 is 0 Å². The average molecular weight is 337 g/mol. The fourth-order valence-corrected chi connectivity index (χ4v) is 2.64. The van der Waals surface area contributed by atoms with Crippen molar-refractivity contribution in [3.63, 3.8) is 0 Å². The quantitative estimate of drug-likeness (QED) is 0.677. The molecule has 0 aliphatic carbocycles. The van der Waals surface area contributed by atoms with Crippen LogP contribution in [0.2, 0.25) is 0 Å². The smallest absolute Gasteiger partial charge is 0.224 e. The number of carbonyl (C=O) groups excluding carboxylic acids is 2. The number of nitrogens with one attached hydrogen (secondary N) is 2. The van der Waals surface area contributed by atoms with Crippen LogP contribution in [0.5, 0.6) is 5.75 Å². The van der Waals surface area contributed by atoms with Crippen molar-refractivity contribution in [1.82, 2.24) is 15.3 Å². The first-order valence-corrected chi connectivity index (χ1v) is 7.95. The number of carbonyl (C=O) groups is 2. The molecule has 0 saturated carbocycles. The standard InChI is InChI=1S/C19H19N3O3/c1-12(23)13-7-8-17(25-2)14(9-13)10-19(24)20-11-18-21-15-5-3-4-6-16(15)22-18/h3-9H,10-11H2,1-2H3,(H,20,24)(H,21,22). The van der Waals surface area contributed by atoms with Gasteiger partial charge in [0.15, 0.2) is 5.78 Å². The molecule has 3 aromatic rings. The molecule has 1 heterocycles. The second-order valence-electron chi connectivity index (χ2n) is 5.74. The second kappa shape index (κ2) is 7.17. The van der Waals surface area contributed by atoms with Crippen LogP contribution in [0.3, 0.4) is 0 Å². The third-order valence-corrected chi connectivity index (χ3v) is 3.93. The number of ketones is 1. The molecule has 128 valence electrons. The molecule has 6 nitrogen and oxygen atoms in total. The lowest BCUT2D eigenvalue weighted by Crippen LogP contribution is -2.25. The van der Waals surface area contributed by atoms with E-state index in [9.17, 15) is 9.59 Å². The Labute approximate surface area is 145 Å². The summed E-state index contributed by atoms with van der Waals surface area (Å²) < 4.78 is 5.27. The molecule has 1 aromatic heterocycles. The summed E-state index contributed by atoms with van der Waals surface area (Å²) in [6, 6.07) is 12.8. The van der Waals surface area contributed by atoms with Gasteiger partial charge in [-0.05, 0) is 37.3 Å². The number of Topliss-reactive ketones (excluding diaryl/α,β-unsaturated/α-hetero) is 1. The zero-order valence-electron chi connectivity index (χ0n) is 14.1. The SMILES string of the molecule is COc1ccc(C(C)=O)cc1CC(=O)NCc1nc2ccccc2[nH]1. The Bertz CT molecular complexity index is 898. The minimum atomic E-state index is -0.167. The van der Waals surface area contributed by atoms with Crippen molar-refractivity contribution in [2.24, 2.45) is 0 Å². The predicted octanol–water partition coefficient (Wildman–Crippen LogP) is 2.63. The summed E-state index contributed by atoms with van der Waals surface area (Å²) >= 11 is 0. The first kappa shape index (κ1) is 16.7. The number of amides is 1. The van der Waals surface area contributed by atoms with E-state index in [1.54, 1.807) is 25.3 Å². The molecular weight excluding hydrogens is 318 g/mol. The fourth-order valence-electron chi connectivity index (χ4n) is 2.64. The van der Waals surface area contributed by atoms with E-state index in [1.165, 1.54) is 6.92 Å². The molecule has 25 heavy (non-hydrogen) atoms. The normalized spacial score (nSPS) is 10.6. The van der Waals surface area contributed by atoms with Gasteiger partial charge in [-0.3, -0.25) is 9.59 Å². The van der Waals surface area contributed by atoms with Crippen molar-refractivity contribution in [1.29, 1.82) is 0 Å². The number of imidazole rings is 1. The average Bonchev–Trinajstić information content (AvgIpc) is 3.03. The number of ether oxygens (including phenoxy) is 1. The van der Waals surface area contributed by atoms with Gasteiger partial charge in [0.05, 0.1) is 31.1 Å². The molecule has 0 radical (unpaired) electrons. The van der Waals surface area contributed by atoms with E-state index >= 15 is 0 Å². The van der Waals surface area contributed by atoms with E-state index in [4.69, 9.17) is 4.74 Å². The highest BCUT2D eigenvalue weighted by Gasteiger charge is 2.12. The highest BCUT2D eigenvalue weighted by molar-refractivity contribution is 5.94. The first-order valence-electron chi connectivity index (χ1n) is 7.95. The van der Waals surface area contributed by atoms with Crippen molar-refractivity contribution in [2.75, 3.05) is 7.11 Å². The Hall–Kier alpha value is -3.15. The molecule has 0 aliphatic rings. The molecule has 1 amide bonds. The van der Waals surface area contributed by atoms with Crippen molar-refractivity contribution in [3.8, 4) is 5.75 Å². The summed E-state index contributed by atoms with van der Waals surface area (Å²) in [5.41, 5.74) is 3.03. The number of rotatable bonds is 6. The van der Waals surface area contributed by atoms with Gasteiger partial charge in [-0.1, -0.05) is 12.1 Å². The zero-order chi connectivity index (χ0) is 17.8. The summed E-state index contributed by atoms with van der Waals surface area (Å²) in [6.07, 6.45) is 0.129. The first-order chi connectivity index (χ1) is 12.1. The number of methoxy groups -OCH3 is 1. The number of fused-ring (bicyclic) bond motifs is 1. The minimum Gasteiger partial charge on any atom is -0.496 e. The van der Waals surface area contributed by atoms with E-state index in [0.29, 0.717) is 29.2 Å². The van der Waals surface area contributed by atoms with Crippen LogP contribution < -0.4 is 10.1 Å². The van der Waals surface area contributed by atoms with Crippen LogP contribution in [0, 0.1) is 0 Å². The number of H-pyrrole nitrogens is 1. The van der Waals surface area contributed by atoms with Crippen LogP contribution in [0.25, 0.3) is 11.0 Å². The van der Waals surface area contributed by atoms with Crippen LogP contribution in [-0.2, 0) is 17.8 Å². The molecule has 0 aliphatic heterocycles. The Morgan fingerprint density at radius 1 is 1.20 bits per heavy atom. The Balaban J connectivity index is 1.67. The highest BCUT2D eigenvalue weighted by Crippen LogP contribution is 2.21. The van der Waals surface area contributed by atoms with Crippen molar-refractivity contribution in [2.45, 2.75) is 19.9 Å². The van der Waals surface area contributed by atoms with Crippen LogP contribution in [0.4, 0.5) is 0 Å². The maximum Gasteiger partial charge on any atom is 0.224 e. The summed E-state index contributed by atoms with van der Waals surface area (Å²) in [7, 11) is 1.54. The van der Waals surface area contributed by atoms with Crippen LogP contribution >= 0.6 is 0 Å². The molecule has 0 unspecified atom stereocenters. The minimum absolute atomic E-state index is 0.0495. The summed E-state index contributed by atoms with van der Waals surface area (Å²) in [6.45, 7) is 1.80. The molecular formula is C19H19N3O3. The summed E-state index contributed by atoms with van der Waals surface area (Å²) in [5, 5.41) is 2.84. The van der Waals surface area contributed by atoms with Crippen molar-refractivity contribution in [3.05, 3.63) is 59.4 Å². The van der Waals surface area contributed by atoms with Gasteiger partial charge in [-0.25, -0.2) is 4.98 Å². The number of aromatic amines is 1. The number of hydrogen-bond donors (Lipinski definition) is 2. The van der Waals surface area contributed by atoms with Crippen LogP contribution in [0.15, 0.2) is 42.5 Å². The Kier molecular flexibility index (Phi) is 4.79. The predicted molar refractivity (Wildman–Crippen MR) is 94.6 cm³/mol. The molecule has 2 N–H and O–H groups in total. The number of para-hydroxylation sites is 2. The van der Waals surface area contributed by atoms with Gasteiger partial charge in [-0.2, -0.15) is 0 Å². The third kappa shape index (κ3) is 3.85. The van der Waals surface area contributed by atoms with Gasteiger partial charge < -0.3 is 15.0 Å². The molecule has 0 fully saturated rings. The number of aromatic nitrogens is 2.